The molecule has 0 aliphatic carbocycles. The first-order valence-electron chi connectivity index (χ1n) is 9.59. The fraction of sp³-hybridized carbons (Fsp3) is 0.750. The summed E-state index contributed by atoms with van der Waals surface area (Å²) in [4.78, 5) is 7.27. The van der Waals surface area contributed by atoms with Gasteiger partial charge in [-0.3, -0.25) is 0 Å². The quantitative estimate of drug-likeness (QED) is 0.351. The molecule has 2 heteroatoms. The summed E-state index contributed by atoms with van der Waals surface area (Å²) in [6.45, 7) is 2.29. The molecule has 1 aromatic rings. The average Bonchev–Trinajstić information content (AvgIpc) is 3.04. The van der Waals surface area contributed by atoms with E-state index >= 15 is 0 Å². The molecule has 2 nitrogen and oxygen atoms in total. The van der Waals surface area contributed by atoms with Crippen molar-refractivity contribution in [2.45, 2.75) is 96.8 Å². The Morgan fingerprint density at radius 1 is 0.818 bits per heavy atom. The van der Waals surface area contributed by atoms with Crippen molar-refractivity contribution in [2.75, 3.05) is 0 Å². The van der Waals surface area contributed by atoms with Crippen LogP contribution in [0.25, 0.3) is 6.08 Å². The fourth-order valence-corrected chi connectivity index (χ4v) is 2.84. The predicted octanol–water partition coefficient (Wildman–Crippen LogP) is 6.90. The van der Waals surface area contributed by atoms with Gasteiger partial charge >= 0.3 is 0 Å². The third kappa shape index (κ3) is 11.6. The number of unbranched alkanes of at least 4 members (excludes halogenated alkanes) is 13. The second-order valence-electron chi connectivity index (χ2n) is 6.41. The molecule has 126 valence electrons. The number of allylic oxidation sites excluding steroid dienone is 1. The summed E-state index contributed by atoms with van der Waals surface area (Å²) in [5.74, 6) is 0.967. The molecule has 22 heavy (non-hydrogen) atoms. The zero-order valence-electron chi connectivity index (χ0n) is 14.7. The highest BCUT2D eigenvalue weighted by molar-refractivity contribution is 5.38. The number of nitrogens with one attached hydrogen (secondary N) is 1. The number of hydrogen-bond donors (Lipinski definition) is 1. The van der Waals surface area contributed by atoms with Gasteiger partial charge in [-0.1, -0.05) is 90.0 Å². The lowest BCUT2D eigenvalue weighted by molar-refractivity contribution is 0.540. The van der Waals surface area contributed by atoms with Crippen LogP contribution < -0.4 is 0 Å². The molecule has 0 spiro atoms. The second-order valence-corrected chi connectivity index (χ2v) is 6.41. The van der Waals surface area contributed by atoms with Crippen molar-refractivity contribution < 1.29 is 0 Å². The van der Waals surface area contributed by atoms with E-state index in [1.165, 1.54) is 89.9 Å². The molecule has 0 radical (unpaired) electrons. The van der Waals surface area contributed by atoms with Gasteiger partial charge in [0.05, 0.1) is 0 Å². The maximum absolute atomic E-state index is 4.18. The van der Waals surface area contributed by atoms with Crippen LogP contribution in [-0.4, -0.2) is 9.97 Å². The van der Waals surface area contributed by atoms with Gasteiger partial charge in [-0.25, -0.2) is 4.98 Å². The third-order valence-electron chi connectivity index (χ3n) is 4.27. The Hall–Kier alpha value is -1.05. The molecule has 0 aliphatic heterocycles. The summed E-state index contributed by atoms with van der Waals surface area (Å²) < 4.78 is 0. The second kappa shape index (κ2) is 14.9. The lowest BCUT2D eigenvalue weighted by Gasteiger charge is -2.02. The molecule has 1 N–H and O–H groups in total. The van der Waals surface area contributed by atoms with E-state index in [2.05, 4.69) is 29.0 Å². The molecule has 0 saturated heterocycles. The van der Waals surface area contributed by atoms with E-state index < -0.39 is 0 Å². The van der Waals surface area contributed by atoms with Crippen LogP contribution >= 0.6 is 0 Å². The molecule has 0 aromatic carbocycles. The highest BCUT2D eigenvalue weighted by atomic mass is 14.9. The van der Waals surface area contributed by atoms with Crippen molar-refractivity contribution in [3.05, 3.63) is 24.3 Å². The number of hydrogen-bond acceptors (Lipinski definition) is 1. The van der Waals surface area contributed by atoms with Gasteiger partial charge in [0.2, 0.25) is 0 Å². The van der Waals surface area contributed by atoms with Gasteiger partial charge in [-0.2, -0.15) is 0 Å². The zero-order chi connectivity index (χ0) is 15.7. The van der Waals surface area contributed by atoms with Crippen LogP contribution in [0.5, 0.6) is 0 Å². The molecule has 0 fully saturated rings. The Bertz CT molecular complexity index is 341. The Balaban J connectivity index is 1.73. The molecule has 0 saturated carbocycles. The van der Waals surface area contributed by atoms with Gasteiger partial charge in [0.1, 0.15) is 5.82 Å². The smallest absolute Gasteiger partial charge is 0.129 e. The normalized spacial score (nSPS) is 11.5. The third-order valence-corrected chi connectivity index (χ3v) is 4.27. The molecule has 1 aromatic heterocycles. The Morgan fingerprint density at radius 2 is 1.36 bits per heavy atom. The molecule has 1 rings (SSSR count). The van der Waals surface area contributed by atoms with Crippen molar-refractivity contribution in [1.29, 1.82) is 0 Å². The highest BCUT2D eigenvalue weighted by Crippen LogP contribution is 2.13. The van der Waals surface area contributed by atoms with Crippen LogP contribution in [0.1, 0.15) is 103 Å². The summed E-state index contributed by atoms with van der Waals surface area (Å²) >= 11 is 0. The van der Waals surface area contributed by atoms with Gasteiger partial charge in [0.25, 0.3) is 0 Å². The van der Waals surface area contributed by atoms with E-state index in [1.807, 2.05) is 6.20 Å². The summed E-state index contributed by atoms with van der Waals surface area (Å²) in [5, 5.41) is 0. The van der Waals surface area contributed by atoms with Crippen molar-refractivity contribution in [3.63, 3.8) is 0 Å². The first kappa shape index (κ1) is 19.0. The molecular weight excluding hydrogens is 268 g/mol. The van der Waals surface area contributed by atoms with E-state index in [0.717, 1.165) is 5.82 Å². The van der Waals surface area contributed by atoms with Crippen molar-refractivity contribution in [3.8, 4) is 0 Å². The maximum Gasteiger partial charge on any atom is 0.129 e. The number of H-pyrrole nitrogens is 1. The number of aromatic amines is 1. The molecule has 0 amide bonds. The maximum atomic E-state index is 4.18. The lowest BCUT2D eigenvalue weighted by Crippen LogP contribution is -1.82. The standard InChI is InChI=1S/C20H36N2/c1-2-3-4-5-6-7-8-9-10-11-12-13-14-15-16-17-20-21-18-19-22-20/h16-19H,2-15H2,1H3,(H,21,22). The minimum Gasteiger partial charge on any atom is -0.345 e. The number of aromatic nitrogens is 2. The van der Waals surface area contributed by atoms with Crippen molar-refractivity contribution in [1.82, 2.24) is 9.97 Å². The fourth-order valence-electron chi connectivity index (χ4n) is 2.84. The summed E-state index contributed by atoms with van der Waals surface area (Å²) in [6.07, 6.45) is 27.6. The molecule has 0 atom stereocenters. The SMILES string of the molecule is CCCCCCCCCCCCCCCC=Cc1ncc[nH]1. The van der Waals surface area contributed by atoms with E-state index in [9.17, 15) is 0 Å². The lowest BCUT2D eigenvalue weighted by atomic mass is 10.0. The monoisotopic (exact) mass is 304 g/mol. The van der Waals surface area contributed by atoms with Crippen LogP contribution in [0.3, 0.4) is 0 Å². The predicted molar refractivity (Wildman–Crippen MR) is 97.9 cm³/mol. The number of rotatable bonds is 15. The molecular formula is C20H36N2. The Morgan fingerprint density at radius 3 is 1.86 bits per heavy atom. The van der Waals surface area contributed by atoms with Gasteiger partial charge < -0.3 is 4.98 Å². The van der Waals surface area contributed by atoms with Crippen molar-refractivity contribution in [2.24, 2.45) is 0 Å². The largest absolute Gasteiger partial charge is 0.345 e. The molecule has 0 bridgehead atoms. The summed E-state index contributed by atoms with van der Waals surface area (Å²) in [5.41, 5.74) is 0. The molecule has 0 unspecified atom stereocenters. The Kier molecular flexibility index (Phi) is 12.8. The number of imidazole rings is 1. The van der Waals surface area contributed by atoms with Crippen LogP contribution in [0.4, 0.5) is 0 Å². The van der Waals surface area contributed by atoms with Crippen LogP contribution in [-0.2, 0) is 0 Å². The minimum absolute atomic E-state index is 0.967. The summed E-state index contributed by atoms with van der Waals surface area (Å²) in [7, 11) is 0. The van der Waals surface area contributed by atoms with E-state index in [0.29, 0.717) is 0 Å². The Labute approximate surface area is 137 Å². The van der Waals surface area contributed by atoms with Gasteiger partial charge in [0.15, 0.2) is 0 Å². The number of nitrogens with zero attached hydrogens (tertiary/aromatic N) is 1. The van der Waals surface area contributed by atoms with Gasteiger partial charge in [-0.05, 0) is 18.9 Å². The minimum atomic E-state index is 0.967. The summed E-state index contributed by atoms with van der Waals surface area (Å²) in [6, 6.07) is 0. The first-order chi connectivity index (χ1) is 10.9. The highest BCUT2D eigenvalue weighted by Gasteiger charge is 1.93. The van der Waals surface area contributed by atoms with Gasteiger partial charge in [0, 0.05) is 12.4 Å². The van der Waals surface area contributed by atoms with E-state index in [4.69, 9.17) is 0 Å². The van der Waals surface area contributed by atoms with Gasteiger partial charge in [-0.15, -0.1) is 0 Å². The first-order valence-corrected chi connectivity index (χ1v) is 9.59. The zero-order valence-corrected chi connectivity index (χ0v) is 14.7. The van der Waals surface area contributed by atoms with E-state index in [1.54, 1.807) is 6.20 Å². The van der Waals surface area contributed by atoms with E-state index in [-0.39, 0.29) is 0 Å². The average molecular weight is 305 g/mol. The van der Waals surface area contributed by atoms with Crippen LogP contribution in [0.2, 0.25) is 0 Å². The van der Waals surface area contributed by atoms with Crippen molar-refractivity contribution >= 4 is 6.08 Å². The molecule has 0 aliphatic rings. The topological polar surface area (TPSA) is 28.7 Å². The molecule has 1 heterocycles. The van der Waals surface area contributed by atoms with Crippen LogP contribution in [0.15, 0.2) is 18.5 Å². The van der Waals surface area contributed by atoms with Crippen LogP contribution in [0, 0.1) is 0 Å².